The van der Waals surface area contributed by atoms with Gasteiger partial charge in [-0.15, -0.1) is 0 Å². The fourth-order valence-corrected chi connectivity index (χ4v) is 4.91. The topological polar surface area (TPSA) is 47.9 Å². The molecule has 1 N–H and O–H groups in total. The van der Waals surface area contributed by atoms with Crippen molar-refractivity contribution < 1.29 is 19.3 Å². The van der Waals surface area contributed by atoms with Crippen LogP contribution in [-0.2, 0) is 23.6 Å². The summed E-state index contributed by atoms with van der Waals surface area (Å²) in [6, 6.07) is 42.8. The van der Waals surface area contributed by atoms with Crippen LogP contribution in [0.4, 0.5) is 0 Å². The van der Waals surface area contributed by atoms with Gasteiger partial charge in [0.05, 0.1) is 27.4 Å². The van der Waals surface area contributed by atoms with Crippen LogP contribution in [0.15, 0.2) is 127 Å². The van der Waals surface area contributed by atoms with Gasteiger partial charge in [0.2, 0.25) is 0 Å². The molecule has 5 rings (SSSR count). The Morgan fingerprint density at radius 1 is 0.538 bits per heavy atom. The molecule has 4 heteroatoms. The molecule has 0 aliphatic rings. The Balaban J connectivity index is 1.55. The molecule has 5 aromatic carbocycles. The van der Waals surface area contributed by atoms with Crippen LogP contribution in [0.1, 0.15) is 27.8 Å². The third-order valence-corrected chi connectivity index (χ3v) is 7.03. The second-order valence-electron chi connectivity index (χ2n) is 9.35. The Bertz CT molecular complexity index is 1430. The molecule has 0 aromatic heterocycles. The largest absolute Gasteiger partial charge is 0.497 e. The summed E-state index contributed by atoms with van der Waals surface area (Å²) in [5, 5.41) is 9.51. The molecule has 0 saturated heterocycles. The quantitative estimate of drug-likeness (QED) is 0.197. The Morgan fingerprint density at radius 2 is 1.10 bits per heavy atom. The molecule has 0 atom stereocenters. The average Bonchev–Trinajstić information content (AvgIpc) is 3.02. The van der Waals surface area contributed by atoms with Gasteiger partial charge < -0.3 is 19.3 Å². The number of aliphatic hydroxyl groups is 1. The summed E-state index contributed by atoms with van der Waals surface area (Å²) in [5.74, 6) is 1.58. The maximum atomic E-state index is 9.51. The van der Waals surface area contributed by atoms with Crippen LogP contribution in [-0.4, -0.2) is 19.3 Å². The van der Waals surface area contributed by atoms with Crippen molar-refractivity contribution in [1.82, 2.24) is 0 Å². The lowest BCUT2D eigenvalue weighted by Gasteiger charge is -2.36. The number of ether oxygens (including phenoxy) is 3. The molecule has 196 valence electrons. The molecular formula is C35H32O4. The summed E-state index contributed by atoms with van der Waals surface area (Å²) in [7, 11) is 3.34. The number of aliphatic hydroxyl groups excluding tert-OH is 1. The molecule has 0 bridgehead atoms. The second kappa shape index (κ2) is 12.0. The van der Waals surface area contributed by atoms with Gasteiger partial charge in [0, 0.05) is 0 Å². The lowest BCUT2D eigenvalue weighted by atomic mass is 9.80. The first kappa shape index (κ1) is 26.2. The van der Waals surface area contributed by atoms with E-state index in [0.29, 0.717) is 6.61 Å². The zero-order chi connectivity index (χ0) is 27.1. The first-order valence-electron chi connectivity index (χ1n) is 12.9. The van der Waals surface area contributed by atoms with E-state index < -0.39 is 5.60 Å². The molecule has 4 nitrogen and oxygen atoms in total. The van der Waals surface area contributed by atoms with Crippen molar-refractivity contribution in [3.63, 3.8) is 0 Å². The Morgan fingerprint density at radius 3 is 1.64 bits per heavy atom. The van der Waals surface area contributed by atoms with Gasteiger partial charge in [-0.3, -0.25) is 0 Å². The van der Waals surface area contributed by atoms with Crippen LogP contribution in [0, 0.1) is 0 Å². The highest BCUT2D eigenvalue weighted by Crippen LogP contribution is 2.42. The van der Waals surface area contributed by atoms with E-state index in [2.05, 4.69) is 66.7 Å². The number of hydrogen-bond acceptors (Lipinski definition) is 4. The molecule has 0 amide bonds. The van der Waals surface area contributed by atoms with E-state index in [9.17, 15) is 5.11 Å². The van der Waals surface area contributed by atoms with Crippen molar-refractivity contribution in [2.24, 2.45) is 0 Å². The first-order chi connectivity index (χ1) is 19.2. The highest BCUT2D eigenvalue weighted by molar-refractivity contribution is 5.64. The van der Waals surface area contributed by atoms with Gasteiger partial charge in [-0.25, -0.2) is 0 Å². The van der Waals surface area contributed by atoms with Crippen LogP contribution >= 0.6 is 0 Å². The fraction of sp³-hybridized carbons (Fsp3) is 0.143. The van der Waals surface area contributed by atoms with Crippen LogP contribution in [0.5, 0.6) is 11.5 Å². The third-order valence-electron chi connectivity index (χ3n) is 7.03. The van der Waals surface area contributed by atoms with Crippen molar-refractivity contribution in [1.29, 1.82) is 0 Å². The van der Waals surface area contributed by atoms with Crippen molar-refractivity contribution >= 4 is 0 Å². The van der Waals surface area contributed by atoms with Gasteiger partial charge in [0.15, 0.2) is 0 Å². The van der Waals surface area contributed by atoms with Gasteiger partial charge in [0.1, 0.15) is 17.1 Å². The summed E-state index contributed by atoms with van der Waals surface area (Å²) in [5.41, 5.74) is 6.27. The minimum Gasteiger partial charge on any atom is -0.497 e. The van der Waals surface area contributed by atoms with E-state index in [1.165, 1.54) is 0 Å². The van der Waals surface area contributed by atoms with E-state index in [4.69, 9.17) is 14.2 Å². The summed E-state index contributed by atoms with van der Waals surface area (Å²) in [6.45, 7) is 0.419. The number of benzene rings is 5. The van der Waals surface area contributed by atoms with Crippen molar-refractivity contribution in [3.05, 3.63) is 155 Å². The zero-order valence-corrected chi connectivity index (χ0v) is 22.2. The maximum Gasteiger partial charge on any atom is 0.144 e. The predicted octanol–water partition coefficient (Wildman–Crippen LogP) is 7.37. The SMILES string of the molecule is COc1ccc(C(OCc2ccc(-c3cccc(CO)c3)cc2)(c2ccccc2)c2ccc(OC)cc2)cc1. The Hall–Kier alpha value is -4.38. The molecular weight excluding hydrogens is 484 g/mol. The van der Waals surface area contributed by atoms with Gasteiger partial charge in [-0.2, -0.15) is 0 Å². The molecule has 39 heavy (non-hydrogen) atoms. The smallest absolute Gasteiger partial charge is 0.144 e. The molecule has 0 saturated carbocycles. The third kappa shape index (κ3) is 5.58. The lowest BCUT2D eigenvalue weighted by molar-refractivity contribution is 0.000198. The van der Waals surface area contributed by atoms with Gasteiger partial charge in [-0.1, -0.05) is 97.1 Å². The van der Waals surface area contributed by atoms with E-state index in [-0.39, 0.29) is 6.61 Å². The minimum absolute atomic E-state index is 0.0258. The number of hydrogen-bond donors (Lipinski definition) is 1. The van der Waals surface area contributed by atoms with Crippen molar-refractivity contribution in [3.8, 4) is 22.6 Å². The molecule has 0 unspecified atom stereocenters. The first-order valence-corrected chi connectivity index (χ1v) is 12.9. The molecule has 0 fully saturated rings. The van der Waals surface area contributed by atoms with Crippen LogP contribution in [0.25, 0.3) is 11.1 Å². The summed E-state index contributed by atoms with van der Waals surface area (Å²) >= 11 is 0. The highest BCUT2D eigenvalue weighted by Gasteiger charge is 2.38. The minimum atomic E-state index is -0.867. The zero-order valence-electron chi connectivity index (χ0n) is 22.2. The normalized spacial score (nSPS) is 11.3. The summed E-state index contributed by atoms with van der Waals surface area (Å²) in [6.07, 6.45) is 0. The summed E-state index contributed by atoms with van der Waals surface area (Å²) < 4.78 is 17.9. The molecule has 0 aliphatic carbocycles. The molecule has 0 heterocycles. The van der Waals surface area contributed by atoms with E-state index in [0.717, 1.165) is 50.4 Å². The van der Waals surface area contributed by atoms with E-state index >= 15 is 0 Å². The molecule has 5 aromatic rings. The summed E-state index contributed by atoms with van der Waals surface area (Å²) in [4.78, 5) is 0. The monoisotopic (exact) mass is 516 g/mol. The Kier molecular flexibility index (Phi) is 8.07. The maximum absolute atomic E-state index is 9.51. The predicted molar refractivity (Wildman–Crippen MR) is 155 cm³/mol. The number of rotatable bonds is 10. The van der Waals surface area contributed by atoms with Gasteiger partial charge in [0.25, 0.3) is 0 Å². The molecule has 0 aliphatic heterocycles. The standard InChI is InChI=1S/C35H32O4/c1-37-33-19-15-31(16-20-33)35(30-9-4-3-5-10-30,32-17-21-34(38-2)22-18-32)39-25-26-11-13-28(14-12-26)29-8-6-7-27(23-29)24-36/h3-23,36H,24-25H2,1-2H3. The van der Waals surface area contributed by atoms with Crippen LogP contribution < -0.4 is 9.47 Å². The van der Waals surface area contributed by atoms with Crippen molar-refractivity contribution in [2.75, 3.05) is 14.2 Å². The average molecular weight is 517 g/mol. The van der Waals surface area contributed by atoms with Gasteiger partial charge in [-0.05, 0) is 69.3 Å². The van der Waals surface area contributed by atoms with E-state index in [1.54, 1.807) is 14.2 Å². The van der Waals surface area contributed by atoms with Crippen LogP contribution in [0.2, 0.25) is 0 Å². The number of methoxy groups -OCH3 is 2. The molecule has 0 radical (unpaired) electrons. The second-order valence-corrected chi connectivity index (χ2v) is 9.35. The fourth-order valence-electron chi connectivity index (χ4n) is 4.91. The lowest BCUT2D eigenvalue weighted by Crippen LogP contribution is -2.32. The van der Waals surface area contributed by atoms with Gasteiger partial charge >= 0.3 is 0 Å². The van der Waals surface area contributed by atoms with Crippen molar-refractivity contribution in [2.45, 2.75) is 18.8 Å². The molecule has 0 spiro atoms. The van der Waals surface area contributed by atoms with Crippen LogP contribution in [0.3, 0.4) is 0 Å². The Labute approximate surface area is 230 Å². The highest BCUT2D eigenvalue weighted by atomic mass is 16.5. The van der Waals surface area contributed by atoms with E-state index in [1.807, 2.05) is 60.7 Å².